The second kappa shape index (κ2) is 87.6. The predicted octanol–water partition coefficient (Wildman–Crippen LogP) is 40.7. The molecule has 139 heavy (non-hydrogen) atoms. The Morgan fingerprint density at radius 1 is 0.266 bits per heavy atom. The smallest absolute Gasteiger partial charge is 4.00 e. The second-order valence-electron chi connectivity index (χ2n) is 45.8. The molecule has 27 atom stereocenters. The van der Waals surface area contributed by atoms with Gasteiger partial charge in [-0.2, -0.15) is 0 Å². The fourth-order valence-electron chi connectivity index (χ4n) is 29.6. The average molecular weight is 2550 g/mol. The Kier molecular flexibility index (Phi) is 103. The van der Waals surface area contributed by atoms with E-state index in [1.807, 2.05) is 0 Å². The summed E-state index contributed by atoms with van der Waals surface area (Å²) in [5.41, 5.74) is 10.9. The van der Waals surface area contributed by atoms with Gasteiger partial charge in [-0.3, -0.25) is 0 Å². The van der Waals surface area contributed by atoms with Crippen molar-refractivity contribution in [1.82, 2.24) is 0 Å². The van der Waals surface area contributed by atoms with Crippen LogP contribution in [0.3, 0.4) is 0 Å². The van der Waals surface area contributed by atoms with Crippen molar-refractivity contribution >= 4 is 132 Å². The van der Waals surface area contributed by atoms with Crippen LogP contribution in [0.1, 0.15) is 315 Å². The van der Waals surface area contributed by atoms with E-state index in [0.717, 1.165) is 139 Å². The third kappa shape index (κ3) is 52.5. The molecule has 0 nitrogen and oxygen atoms in total. The third-order valence-electron chi connectivity index (χ3n) is 35.9. The first-order valence-corrected chi connectivity index (χ1v) is 88.6. The summed E-state index contributed by atoms with van der Waals surface area (Å²) < 4.78 is 0. The van der Waals surface area contributed by atoms with Gasteiger partial charge in [-0.05, 0) is 189 Å². The van der Waals surface area contributed by atoms with Crippen molar-refractivity contribution < 1.29 is 115 Å². The van der Waals surface area contributed by atoms with Gasteiger partial charge in [0.2, 0.25) is 0 Å². The van der Waals surface area contributed by atoms with Gasteiger partial charge in [0.15, 0.2) is 0 Å². The summed E-state index contributed by atoms with van der Waals surface area (Å²) in [6.07, 6.45) is 51.5. The fourth-order valence-corrected chi connectivity index (χ4v) is 59.3. The van der Waals surface area contributed by atoms with Gasteiger partial charge in [0.25, 0.3) is 0 Å². The van der Waals surface area contributed by atoms with Crippen LogP contribution >= 0.6 is 51.1 Å². The zero-order valence-corrected chi connectivity index (χ0v) is 122. The molecule has 0 amide bonds. The monoisotopic (exact) mass is 2540 g/mol. The topological polar surface area (TPSA) is 0 Å². The van der Waals surface area contributed by atoms with E-state index >= 15 is 0 Å². The number of rotatable bonds is 28. The average Bonchev–Trinajstić information content (AvgIpc) is 1.62. The molecule has 0 N–H and O–H groups in total. The normalized spacial score (nSPS) is 30.4. The Hall–Kier alpha value is 4.55. The molecule has 0 aliphatic heterocycles. The fraction of sp³-hybridized carbons (Fsp3) is 0.686. The summed E-state index contributed by atoms with van der Waals surface area (Å²) in [5, 5.41) is 7.10. The zero-order valence-electron chi connectivity index (χ0n) is 97.7. The summed E-state index contributed by atoms with van der Waals surface area (Å²) in [4.78, 5) is 0. The van der Waals surface area contributed by atoms with Crippen LogP contribution in [0.25, 0.3) is 0 Å². The van der Waals surface area contributed by atoms with Gasteiger partial charge < -0.3 is 104 Å². The Morgan fingerprint density at radius 2 is 0.475 bits per heavy atom. The van der Waals surface area contributed by atoms with Gasteiger partial charge >= 0.3 is 166 Å². The second-order valence-corrected chi connectivity index (χ2v) is 85.6. The molecule has 802 valence electrons. The van der Waals surface area contributed by atoms with Crippen molar-refractivity contribution in [3.05, 3.63) is 225 Å². The van der Waals surface area contributed by atoms with Crippen molar-refractivity contribution in [2.45, 2.75) is 429 Å². The first-order chi connectivity index (χ1) is 59.0. The zero-order chi connectivity index (χ0) is 89.9. The Bertz CT molecular complexity index is 3120. The van der Waals surface area contributed by atoms with Crippen LogP contribution in [0.15, 0.2) is 121 Å². The van der Waals surface area contributed by atoms with E-state index in [-0.39, 0.29) is 156 Å². The van der Waals surface area contributed by atoms with E-state index in [1.165, 1.54) is 139 Å². The van der Waals surface area contributed by atoms with Gasteiger partial charge in [0.1, 0.15) is 0 Å². The molecule has 0 aromatic heterocycles. The van der Waals surface area contributed by atoms with Gasteiger partial charge in [-0.1, -0.05) is 477 Å². The number of halogens is 6. The van der Waals surface area contributed by atoms with E-state index in [0.29, 0.717) is 0 Å². The minimum Gasteiger partial charge on any atom is 4.00 e. The molecule has 0 saturated heterocycles. The van der Waals surface area contributed by atoms with Crippen LogP contribution in [0, 0.1) is 199 Å². The molecule has 0 heterocycles. The summed E-state index contributed by atoms with van der Waals surface area (Å²) >= 11 is -2.48. The number of benzene rings is 4. The molecule has 27 unspecified atom stereocenters. The van der Waals surface area contributed by atoms with E-state index in [4.69, 9.17) is 51.1 Å². The molecule has 4 aromatic rings. The minimum atomic E-state index is -0.942. The molecule has 10 aliphatic carbocycles. The molecule has 4 aromatic carbocycles. The van der Waals surface area contributed by atoms with Crippen molar-refractivity contribution in [3.8, 4) is 0 Å². The van der Waals surface area contributed by atoms with Crippen LogP contribution in [-0.2, 0) is 115 Å². The van der Waals surface area contributed by atoms with Crippen LogP contribution in [0.2, 0.25) is 113 Å². The van der Waals surface area contributed by atoms with Crippen molar-refractivity contribution in [2.75, 3.05) is 0 Å². The Morgan fingerprint density at radius 3 is 0.705 bits per heavy atom. The maximum Gasteiger partial charge on any atom is 4.00 e. The molecule has 10 fully saturated rings. The van der Waals surface area contributed by atoms with Crippen LogP contribution in [-0.4, -0.2) is 60.1 Å². The molecule has 0 spiro atoms. The van der Waals surface area contributed by atoms with E-state index in [1.54, 1.807) is 123 Å². The Labute approximate surface area is 982 Å². The van der Waals surface area contributed by atoms with E-state index < -0.39 is 123 Å². The van der Waals surface area contributed by atoms with Gasteiger partial charge in [0.05, 0.1) is 35.2 Å². The molecule has 0 radical (unpaired) electrons. The third-order valence-corrected chi connectivity index (χ3v) is 62.3. The van der Waals surface area contributed by atoms with Crippen LogP contribution in [0.5, 0.6) is 0 Å². The SMILES string of the molecule is CCC1CCC([SiH](c2ccccc2)C2C(C)C(C)C(C)C2C)C1.CCC1CCC([SiH](c2ccccc2)C2C(C)C(C)C(C)C2C)C1.CCCC1CCC([SiH](c2ccccc2)C2CCC(CCC)C2)C1.CCCC1CCC([SiH](c2ccccc2)C2CCC(CCC)C2)C1.C[SiH](C1CCC(C[Si](C)(C)C)C1)C1CCCC1C[Si](C)(C)C.[CH3-].[CH3-].[CH3-].[CH3-].[CH3-].[CH3-].[CH3-].[CH3-].[CH3-].[CH3-].[CH3-].[CH3-].[CH3-].[CH3-].[Cl][Zr+2][Cl].[Cl][Zr+2][Cl].[Cl][Zr+2][Cl].[Zr+4].[Zr+4]. The standard InChI is InChI=1S/4C22H36Si.C19H42Si3.14CH3.6ClH.5Zr/c2*1-6-19-12-13-21(14-19)23(20-10-8-7-9-11-20)22-17(4)15(2)16(3)18(22)5;2*1-3-8-18-12-14-21(16-18)23(20-10-6-5-7-11-20)22-15-13-19(17-22)9-4-2;1-20(18-12-11-16(13-18)14-21(2,3)4)19-10-8-9-17(19)15-22(5,6)7;;;;;;;;;;;;;;;;;;;;;;;;;/h2*7-11,15-19,21-23H,6,12-14H2,1-5H3;2*5-7,10-11,18-19,21-23H,3-4,8-9,12-17H2,1-2H3;16-20H,8-15H2,1-7H3;14*1H3;6*1H;;;;;/q;;;;;14*-1;;;;;;;5*+4/p-6. The number of hydrogen-bond acceptors (Lipinski definition) is 0. The molecular weight excluding hydrogens is 2320 g/mol. The van der Waals surface area contributed by atoms with E-state index in [2.05, 4.69) is 264 Å². The van der Waals surface area contributed by atoms with Gasteiger partial charge in [-0.25, -0.2) is 0 Å². The number of hydrogen-bond donors (Lipinski definition) is 0. The molecule has 10 saturated carbocycles. The summed E-state index contributed by atoms with van der Waals surface area (Å²) in [7, 11) is 23.8. The van der Waals surface area contributed by atoms with Crippen molar-refractivity contribution in [3.63, 3.8) is 0 Å². The van der Waals surface area contributed by atoms with Crippen molar-refractivity contribution in [1.29, 1.82) is 0 Å². The molecular formula is C121H228Cl6Si7Zr5. The predicted molar refractivity (Wildman–Crippen MR) is 657 cm³/mol. The maximum atomic E-state index is 4.93. The first-order valence-electron chi connectivity index (χ1n) is 52.1. The van der Waals surface area contributed by atoms with Gasteiger partial charge in [0, 0.05) is 24.9 Å². The molecule has 14 rings (SSSR count). The maximum absolute atomic E-state index is 4.93. The quantitative estimate of drug-likeness (QED) is 0.0393. The molecule has 18 heteroatoms. The minimum absolute atomic E-state index is 0. The summed E-state index contributed by atoms with van der Waals surface area (Å²) in [6, 6.07) is 50.2. The summed E-state index contributed by atoms with van der Waals surface area (Å²) in [6.45, 7) is 52.9. The van der Waals surface area contributed by atoms with Crippen LogP contribution in [0.4, 0.5) is 0 Å². The van der Waals surface area contributed by atoms with Gasteiger partial charge in [-0.15, -0.1) is 0 Å². The van der Waals surface area contributed by atoms with E-state index in [9.17, 15) is 0 Å². The molecule has 0 bridgehead atoms. The first kappa shape index (κ1) is 164. The largest absolute Gasteiger partial charge is 4.00 e. The Balaban J connectivity index is -0.000000178. The van der Waals surface area contributed by atoms with Crippen LogP contribution < -0.4 is 20.7 Å². The van der Waals surface area contributed by atoms with Crippen molar-refractivity contribution in [2.24, 2.45) is 94.7 Å². The summed E-state index contributed by atoms with van der Waals surface area (Å²) in [5.74, 6) is 15.8. The molecule has 10 aliphatic rings.